The van der Waals surface area contributed by atoms with Crippen molar-refractivity contribution in [3.8, 4) is 5.75 Å². The predicted octanol–water partition coefficient (Wildman–Crippen LogP) is 5.10. The topological polar surface area (TPSA) is 75.7 Å². The molecule has 2 atom stereocenters. The number of hydrogen-bond acceptors (Lipinski definition) is 4. The summed E-state index contributed by atoms with van der Waals surface area (Å²) in [6, 6.07) is 20.0. The van der Waals surface area contributed by atoms with Crippen LogP contribution >= 0.6 is 0 Å². The maximum Gasteiger partial charge on any atom is 0.264 e. The van der Waals surface area contributed by atoms with Crippen LogP contribution in [-0.2, 0) is 27.7 Å². The molecule has 3 aromatic carbocycles. The molecule has 1 amide bonds. The average molecular weight is 505 g/mol. The number of benzene rings is 3. The lowest BCUT2D eigenvalue weighted by molar-refractivity contribution is -0.128. The highest BCUT2D eigenvalue weighted by atomic mass is 32.2. The summed E-state index contributed by atoms with van der Waals surface area (Å²) >= 11 is 0. The molecule has 36 heavy (non-hydrogen) atoms. The standard InChI is InChI=1S/C29H32N2O4S/c1-3-25(23-15-14-21-9-7-8-10-22(21)18-23)30-29(32)28-19-31(26-16-13-20(2)17-27(26)35-28)36(33,34)24-11-5-4-6-12-24/h4-6,11-18,25,28H,3,7-10,19H2,1-2H3,(H,30,32)/t25-,28-/m0/s1. The number of nitrogens with zero attached hydrogens (tertiary/aromatic N) is 1. The highest BCUT2D eigenvalue weighted by Crippen LogP contribution is 2.38. The predicted molar refractivity (Wildman–Crippen MR) is 141 cm³/mol. The molecule has 0 fully saturated rings. The zero-order valence-electron chi connectivity index (χ0n) is 20.7. The van der Waals surface area contributed by atoms with Crippen molar-refractivity contribution in [2.45, 2.75) is 63.0 Å². The van der Waals surface area contributed by atoms with Crippen molar-refractivity contribution in [1.29, 1.82) is 0 Å². The van der Waals surface area contributed by atoms with Crippen molar-refractivity contribution < 1.29 is 17.9 Å². The first-order chi connectivity index (χ1) is 17.4. The highest BCUT2D eigenvalue weighted by Gasteiger charge is 2.38. The second kappa shape index (κ2) is 9.97. The lowest BCUT2D eigenvalue weighted by Gasteiger charge is -2.35. The molecule has 0 saturated carbocycles. The van der Waals surface area contributed by atoms with Crippen molar-refractivity contribution in [1.82, 2.24) is 5.32 Å². The maximum absolute atomic E-state index is 13.6. The number of carbonyl (C=O) groups excluding carboxylic acids is 1. The molecular formula is C29H32N2O4S. The third-order valence-corrected chi connectivity index (χ3v) is 8.90. The van der Waals surface area contributed by atoms with Gasteiger partial charge in [-0.1, -0.05) is 49.4 Å². The molecule has 7 heteroatoms. The van der Waals surface area contributed by atoms with Gasteiger partial charge in [0, 0.05) is 0 Å². The molecule has 1 aliphatic carbocycles. The molecule has 1 N–H and O–H groups in total. The third kappa shape index (κ3) is 4.72. The minimum absolute atomic E-state index is 0.0975. The van der Waals surface area contributed by atoms with Crippen molar-refractivity contribution in [3.05, 3.63) is 89.0 Å². The second-order valence-corrected chi connectivity index (χ2v) is 11.5. The summed E-state index contributed by atoms with van der Waals surface area (Å²) in [7, 11) is -3.88. The molecular weight excluding hydrogens is 472 g/mol. The Labute approximate surface area is 213 Å². The smallest absolute Gasteiger partial charge is 0.264 e. The van der Waals surface area contributed by atoms with Crippen molar-refractivity contribution >= 4 is 21.6 Å². The van der Waals surface area contributed by atoms with Gasteiger partial charge in [0.1, 0.15) is 5.75 Å². The second-order valence-electron chi connectivity index (χ2n) is 9.63. The molecule has 2 aliphatic rings. The zero-order valence-corrected chi connectivity index (χ0v) is 21.6. The van der Waals surface area contributed by atoms with E-state index in [0.29, 0.717) is 11.4 Å². The number of rotatable bonds is 6. The molecule has 1 aliphatic heterocycles. The molecule has 0 spiro atoms. The highest BCUT2D eigenvalue weighted by molar-refractivity contribution is 7.92. The van der Waals surface area contributed by atoms with Gasteiger partial charge in [0.2, 0.25) is 0 Å². The number of anilines is 1. The van der Waals surface area contributed by atoms with E-state index in [1.807, 2.05) is 19.9 Å². The lowest BCUT2D eigenvalue weighted by Crippen LogP contribution is -2.51. The number of hydrogen-bond donors (Lipinski definition) is 1. The molecule has 0 aromatic heterocycles. The van der Waals surface area contributed by atoms with Crippen LogP contribution in [0.2, 0.25) is 0 Å². The Morgan fingerprint density at radius 2 is 1.78 bits per heavy atom. The number of sulfonamides is 1. The first-order valence-corrected chi connectivity index (χ1v) is 14.1. The molecule has 5 rings (SSSR count). The summed E-state index contributed by atoms with van der Waals surface area (Å²) in [5.41, 5.74) is 5.20. The first-order valence-electron chi connectivity index (χ1n) is 12.6. The van der Waals surface area contributed by atoms with Gasteiger partial charge in [0.15, 0.2) is 6.10 Å². The van der Waals surface area contributed by atoms with Crippen molar-refractivity contribution in [2.75, 3.05) is 10.8 Å². The van der Waals surface area contributed by atoms with Crippen LogP contribution in [-0.4, -0.2) is 27.0 Å². The quantitative estimate of drug-likeness (QED) is 0.507. The fraction of sp³-hybridized carbons (Fsp3) is 0.345. The molecule has 1 heterocycles. The van der Waals surface area contributed by atoms with E-state index in [-0.39, 0.29) is 23.4 Å². The minimum atomic E-state index is -3.88. The average Bonchev–Trinajstić information content (AvgIpc) is 2.91. The molecule has 0 saturated heterocycles. The molecule has 188 valence electrons. The Morgan fingerprint density at radius 3 is 2.53 bits per heavy atom. The number of ether oxygens (including phenoxy) is 1. The Hall–Kier alpha value is -3.32. The van der Waals surface area contributed by atoms with Crippen LogP contribution < -0.4 is 14.4 Å². The monoisotopic (exact) mass is 504 g/mol. The number of nitrogens with one attached hydrogen (secondary N) is 1. The van der Waals surface area contributed by atoms with E-state index in [2.05, 4.69) is 23.5 Å². The number of carbonyl (C=O) groups is 1. The van der Waals surface area contributed by atoms with Gasteiger partial charge in [0.25, 0.3) is 15.9 Å². The van der Waals surface area contributed by atoms with E-state index in [0.717, 1.165) is 30.4 Å². The third-order valence-electron chi connectivity index (χ3n) is 7.11. The SMILES string of the molecule is CC[C@H](NC(=O)[C@@H]1CN(S(=O)(=O)c2ccccc2)c2ccc(C)cc2O1)c1ccc2c(c1)CCCC2. The van der Waals surface area contributed by atoms with Crippen molar-refractivity contribution in [3.63, 3.8) is 0 Å². The summed E-state index contributed by atoms with van der Waals surface area (Å²) in [5.74, 6) is 0.0720. The summed E-state index contributed by atoms with van der Waals surface area (Å²) in [6.45, 7) is 3.85. The Kier molecular flexibility index (Phi) is 6.75. The number of aryl methyl sites for hydroxylation is 3. The summed E-state index contributed by atoms with van der Waals surface area (Å²) in [4.78, 5) is 13.7. The summed E-state index contributed by atoms with van der Waals surface area (Å²) in [6.07, 6.45) is 4.35. The van der Waals surface area contributed by atoms with Gasteiger partial charge in [0.05, 0.1) is 23.2 Å². The van der Waals surface area contributed by atoms with Crippen LogP contribution in [0, 0.1) is 6.92 Å². The van der Waals surface area contributed by atoms with Gasteiger partial charge < -0.3 is 10.1 Å². The van der Waals surface area contributed by atoms with Crippen LogP contribution in [0.25, 0.3) is 0 Å². The normalized spacial score (nSPS) is 17.9. The Bertz CT molecular complexity index is 1370. The molecule has 0 unspecified atom stereocenters. The van der Waals surface area contributed by atoms with E-state index in [4.69, 9.17) is 4.74 Å². The number of fused-ring (bicyclic) bond motifs is 2. The first kappa shape index (κ1) is 24.4. The van der Waals surface area contributed by atoms with Gasteiger partial charge in [-0.3, -0.25) is 9.10 Å². The fourth-order valence-electron chi connectivity index (χ4n) is 5.10. The molecule has 6 nitrogen and oxygen atoms in total. The fourth-order valence-corrected chi connectivity index (χ4v) is 6.60. The van der Waals surface area contributed by atoms with Crippen LogP contribution in [0.3, 0.4) is 0 Å². The van der Waals surface area contributed by atoms with Crippen LogP contribution in [0.15, 0.2) is 71.6 Å². The summed E-state index contributed by atoms with van der Waals surface area (Å²) in [5, 5.41) is 3.13. The van der Waals surface area contributed by atoms with E-state index < -0.39 is 16.1 Å². The van der Waals surface area contributed by atoms with Gasteiger partial charge in [-0.25, -0.2) is 8.42 Å². The molecule has 3 aromatic rings. The van der Waals surface area contributed by atoms with E-state index in [9.17, 15) is 13.2 Å². The van der Waals surface area contributed by atoms with Crippen LogP contribution in [0.4, 0.5) is 5.69 Å². The van der Waals surface area contributed by atoms with E-state index in [1.165, 1.54) is 28.3 Å². The summed E-state index contributed by atoms with van der Waals surface area (Å²) < 4.78 is 34.5. The van der Waals surface area contributed by atoms with Crippen LogP contribution in [0.5, 0.6) is 5.75 Å². The number of amides is 1. The van der Waals surface area contributed by atoms with Gasteiger partial charge in [-0.15, -0.1) is 0 Å². The Balaban J connectivity index is 1.42. The van der Waals surface area contributed by atoms with Crippen molar-refractivity contribution in [2.24, 2.45) is 0 Å². The zero-order chi connectivity index (χ0) is 25.3. The maximum atomic E-state index is 13.6. The molecule has 0 radical (unpaired) electrons. The van der Waals surface area contributed by atoms with Crippen LogP contribution in [0.1, 0.15) is 54.5 Å². The van der Waals surface area contributed by atoms with Gasteiger partial charge >= 0.3 is 0 Å². The Morgan fingerprint density at radius 1 is 1.03 bits per heavy atom. The van der Waals surface area contributed by atoms with Gasteiger partial charge in [-0.05, 0) is 85.5 Å². The molecule has 0 bridgehead atoms. The van der Waals surface area contributed by atoms with E-state index >= 15 is 0 Å². The minimum Gasteiger partial charge on any atom is -0.476 e. The largest absolute Gasteiger partial charge is 0.476 e. The van der Waals surface area contributed by atoms with Gasteiger partial charge in [-0.2, -0.15) is 0 Å². The lowest BCUT2D eigenvalue weighted by atomic mass is 9.88. The van der Waals surface area contributed by atoms with E-state index in [1.54, 1.807) is 42.5 Å².